The highest BCUT2D eigenvalue weighted by Crippen LogP contribution is 2.22. The third-order valence-electron chi connectivity index (χ3n) is 2.64. The average Bonchev–Trinajstić information content (AvgIpc) is 2.68. The van der Waals surface area contributed by atoms with Crippen molar-refractivity contribution >= 4 is 17.8 Å². The summed E-state index contributed by atoms with van der Waals surface area (Å²) in [6.45, 7) is 4.79. The van der Waals surface area contributed by atoms with E-state index in [1.54, 1.807) is 24.3 Å². The van der Waals surface area contributed by atoms with Crippen LogP contribution in [0.5, 0.6) is 0 Å². The summed E-state index contributed by atoms with van der Waals surface area (Å²) in [5.41, 5.74) is 0.874. The van der Waals surface area contributed by atoms with Gasteiger partial charge in [-0.3, -0.25) is 14.4 Å². The minimum Gasteiger partial charge on any atom is -0.460 e. The zero-order valence-electron chi connectivity index (χ0n) is 10.9. The Labute approximate surface area is 115 Å². The molecule has 0 radical (unpaired) electrons. The minimum atomic E-state index is -0.545. The maximum atomic E-state index is 11.9. The van der Waals surface area contributed by atoms with E-state index in [9.17, 15) is 14.4 Å². The second-order valence-electron chi connectivity index (χ2n) is 4.20. The largest absolute Gasteiger partial charge is 0.460 e. The molecule has 6 nitrogen and oxygen atoms in total. The van der Waals surface area contributed by atoms with Gasteiger partial charge in [-0.2, -0.15) is 0 Å². The molecule has 1 heterocycles. The van der Waals surface area contributed by atoms with E-state index in [0.29, 0.717) is 16.2 Å². The minimum absolute atomic E-state index is 0.0703. The van der Waals surface area contributed by atoms with Gasteiger partial charge in [-0.25, -0.2) is 4.79 Å². The predicted octanol–water partition coefficient (Wildman–Crippen LogP) is 1.33. The molecule has 2 rings (SSSR count). The van der Waals surface area contributed by atoms with Gasteiger partial charge in [-0.15, -0.1) is 5.06 Å². The zero-order valence-corrected chi connectivity index (χ0v) is 10.9. The highest BCUT2D eigenvalue weighted by Gasteiger charge is 2.36. The van der Waals surface area contributed by atoms with Crippen molar-refractivity contribution in [3.05, 3.63) is 47.5 Å². The molecule has 0 unspecified atom stereocenters. The molecule has 1 aromatic carbocycles. The van der Waals surface area contributed by atoms with Crippen LogP contribution >= 0.6 is 0 Å². The molecule has 1 aliphatic rings. The van der Waals surface area contributed by atoms with Crippen molar-refractivity contribution in [1.82, 2.24) is 5.06 Å². The summed E-state index contributed by atoms with van der Waals surface area (Å²) in [4.78, 5) is 40.0. The van der Waals surface area contributed by atoms with E-state index in [2.05, 4.69) is 6.58 Å². The Morgan fingerprint density at radius 3 is 2.20 bits per heavy atom. The number of hydrogen-bond acceptors (Lipinski definition) is 5. The van der Waals surface area contributed by atoms with Gasteiger partial charge < -0.3 is 4.74 Å². The number of ether oxygens (including phenoxy) is 1. The van der Waals surface area contributed by atoms with Crippen LogP contribution in [0.2, 0.25) is 0 Å². The number of benzene rings is 1. The fourth-order valence-electron chi connectivity index (χ4n) is 1.67. The van der Waals surface area contributed by atoms with E-state index in [1.807, 2.05) is 0 Å². The van der Waals surface area contributed by atoms with Crippen LogP contribution in [0.1, 0.15) is 27.6 Å². The maximum absolute atomic E-state index is 11.9. The molecule has 104 valence electrons. The Kier molecular flexibility index (Phi) is 3.95. The molecular formula is C14H13NO5. The fourth-order valence-corrected chi connectivity index (χ4v) is 1.67. The molecule has 0 atom stereocenters. The molecule has 0 saturated carbocycles. The van der Waals surface area contributed by atoms with Crippen molar-refractivity contribution in [1.29, 1.82) is 0 Å². The van der Waals surface area contributed by atoms with Crippen LogP contribution < -0.4 is 0 Å². The van der Waals surface area contributed by atoms with Gasteiger partial charge in [0, 0.05) is 5.57 Å². The molecule has 0 aliphatic carbocycles. The van der Waals surface area contributed by atoms with E-state index in [1.165, 1.54) is 6.92 Å². The van der Waals surface area contributed by atoms with Crippen molar-refractivity contribution in [3.63, 3.8) is 0 Å². The van der Waals surface area contributed by atoms with Gasteiger partial charge >= 0.3 is 5.97 Å². The first-order valence-corrected chi connectivity index (χ1v) is 5.95. The number of esters is 1. The second-order valence-corrected chi connectivity index (χ2v) is 4.20. The molecule has 0 N–H and O–H groups in total. The lowest BCUT2D eigenvalue weighted by molar-refractivity contribution is -0.145. The van der Waals surface area contributed by atoms with E-state index in [-0.39, 0.29) is 18.8 Å². The van der Waals surface area contributed by atoms with E-state index >= 15 is 0 Å². The highest BCUT2D eigenvalue weighted by atomic mass is 16.7. The molecule has 0 bridgehead atoms. The predicted molar refractivity (Wildman–Crippen MR) is 68.7 cm³/mol. The maximum Gasteiger partial charge on any atom is 0.333 e. The van der Waals surface area contributed by atoms with E-state index in [0.717, 1.165) is 0 Å². The topological polar surface area (TPSA) is 72.9 Å². The molecule has 0 aromatic heterocycles. The third-order valence-corrected chi connectivity index (χ3v) is 2.64. The monoisotopic (exact) mass is 275 g/mol. The van der Waals surface area contributed by atoms with Gasteiger partial charge in [0.15, 0.2) is 0 Å². The lowest BCUT2D eigenvalue weighted by Gasteiger charge is -2.13. The van der Waals surface area contributed by atoms with Crippen LogP contribution in [0.25, 0.3) is 0 Å². The summed E-state index contributed by atoms with van der Waals surface area (Å²) in [6, 6.07) is 6.45. The summed E-state index contributed by atoms with van der Waals surface area (Å²) in [5, 5.41) is 0.680. The molecule has 0 fully saturated rings. The summed E-state index contributed by atoms with van der Waals surface area (Å²) < 4.78 is 4.80. The number of hydroxylamine groups is 2. The van der Waals surface area contributed by atoms with Gasteiger partial charge in [0.1, 0.15) is 13.2 Å². The summed E-state index contributed by atoms with van der Waals surface area (Å²) in [7, 11) is 0. The second kappa shape index (κ2) is 5.66. The van der Waals surface area contributed by atoms with Gasteiger partial charge in [0.05, 0.1) is 11.1 Å². The number of carbonyl (C=O) groups excluding carboxylic acids is 3. The number of nitrogens with zero attached hydrogens (tertiary/aromatic N) is 1. The lowest BCUT2D eigenvalue weighted by atomic mass is 10.1. The van der Waals surface area contributed by atoms with Gasteiger partial charge in [-0.1, -0.05) is 18.7 Å². The van der Waals surface area contributed by atoms with Crippen LogP contribution in [0.15, 0.2) is 36.4 Å². The number of rotatable bonds is 5. The third kappa shape index (κ3) is 2.60. The lowest BCUT2D eigenvalue weighted by Crippen LogP contribution is -2.31. The van der Waals surface area contributed by atoms with E-state index < -0.39 is 17.8 Å². The number of fused-ring (bicyclic) bond motifs is 1. The summed E-state index contributed by atoms with van der Waals surface area (Å²) in [6.07, 6.45) is 0. The Morgan fingerprint density at radius 2 is 1.70 bits per heavy atom. The van der Waals surface area contributed by atoms with E-state index in [4.69, 9.17) is 9.57 Å². The van der Waals surface area contributed by atoms with Gasteiger partial charge in [0.2, 0.25) is 0 Å². The number of amides is 2. The van der Waals surface area contributed by atoms with Crippen molar-refractivity contribution in [2.45, 2.75) is 6.92 Å². The molecule has 0 spiro atoms. The van der Waals surface area contributed by atoms with Crippen LogP contribution in [0, 0.1) is 0 Å². The SMILES string of the molecule is C=C(C)C(=O)OCCON1C(=O)c2ccccc2C1=O. The first-order valence-electron chi connectivity index (χ1n) is 5.95. The molecule has 0 saturated heterocycles. The average molecular weight is 275 g/mol. The molecule has 1 aliphatic heterocycles. The number of imide groups is 1. The van der Waals surface area contributed by atoms with Crippen LogP contribution in [-0.2, 0) is 14.4 Å². The first-order chi connectivity index (χ1) is 9.52. The Bertz CT molecular complexity index is 558. The smallest absolute Gasteiger partial charge is 0.333 e. The normalized spacial score (nSPS) is 13.3. The Balaban J connectivity index is 1.90. The quantitative estimate of drug-likeness (QED) is 0.351. The molecule has 1 aromatic rings. The molecule has 20 heavy (non-hydrogen) atoms. The zero-order chi connectivity index (χ0) is 14.7. The van der Waals surface area contributed by atoms with Crippen molar-refractivity contribution in [3.8, 4) is 0 Å². The molecule has 6 heteroatoms. The molecular weight excluding hydrogens is 262 g/mol. The summed E-state index contributed by atoms with van der Waals surface area (Å²) in [5.74, 6) is -1.58. The molecule has 2 amide bonds. The van der Waals surface area contributed by atoms with Gasteiger partial charge in [-0.05, 0) is 19.1 Å². The Hall–Kier alpha value is -2.47. The number of carbonyl (C=O) groups is 3. The van der Waals surface area contributed by atoms with Crippen LogP contribution in [0.4, 0.5) is 0 Å². The standard InChI is InChI=1S/C14H13NO5/c1-9(2)14(18)19-7-8-20-15-12(16)10-5-3-4-6-11(10)13(15)17/h3-6H,1,7-8H2,2H3. The Morgan fingerprint density at radius 1 is 1.15 bits per heavy atom. The van der Waals surface area contributed by atoms with Crippen LogP contribution in [0.3, 0.4) is 0 Å². The summed E-state index contributed by atoms with van der Waals surface area (Å²) >= 11 is 0. The van der Waals surface area contributed by atoms with Gasteiger partial charge in [0.25, 0.3) is 11.8 Å². The van der Waals surface area contributed by atoms with Crippen molar-refractivity contribution < 1.29 is 24.0 Å². The number of hydrogen-bond donors (Lipinski definition) is 0. The van der Waals surface area contributed by atoms with Crippen molar-refractivity contribution in [2.75, 3.05) is 13.2 Å². The first kappa shape index (κ1) is 14.0. The van der Waals surface area contributed by atoms with Crippen LogP contribution in [-0.4, -0.2) is 36.1 Å². The highest BCUT2D eigenvalue weighted by molar-refractivity contribution is 6.20. The van der Waals surface area contributed by atoms with Crippen molar-refractivity contribution in [2.24, 2.45) is 0 Å². The fraction of sp³-hybridized carbons (Fsp3) is 0.214.